The molecule has 0 unspecified atom stereocenters. The van der Waals surface area contributed by atoms with Crippen LogP contribution in [0.3, 0.4) is 0 Å². The van der Waals surface area contributed by atoms with Crippen molar-refractivity contribution in [2.24, 2.45) is 5.92 Å². The molecule has 2 aliphatic carbocycles. The van der Waals surface area contributed by atoms with Crippen molar-refractivity contribution in [3.8, 4) is 0 Å². The fourth-order valence-corrected chi connectivity index (χ4v) is 3.60. The Kier molecular flexibility index (Phi) is 4.74. The lowest BCUT2D eigenvalue weighted by Crippen LogP contribution is -2.46. The number of rotatable bonds is 7. The van der Waals surface area contributed by atoms with Crippen LogP contribution in [0.2, 0.25) is 0 Å². The summed E-state index contributed by atoms with van der Waals surface area (Å²) in [4.78, 5) is 14.6. The molecule has 6 nitrogen and oxygen atoms in total. The van der Waals surface area contributed by atoms with Crippen molar-refractivity contribution < 1.29 is 9.53 Å². The summed E-state index contributed by atoms with van der Waals surface area (Å²) in [7, 11) is 0. The van der Waals surface area contributed by atoms with Crippen LogP contribution in [0, 0.1) is 5.92 Å². The number of amides is 2. The van der Waals surface area contributed by atoms with Gasteiger partial charge in [0.2, 0.25) is 0 Å². The molecule has 3 fully saturated rings. The van der Waals surface area contributed by atoms with Crippen LogP contribution in [0.4, 0.5) is 4.79 Å². The number of aromatic nitrogens is 2. The van der Waals surface area contributed by atoms with Crippen LogP contribution < -0.4 is 5.32 Å². The maximum absolute atomic E-state index is 12.7. The Balaban J connectivity index is 1.30. The van der Waals surface area contributed by atoms with E-state index in [-0.39, 0.29) is 12.1 Å². The van der Waals surface area contributed by atoms with E-state index in [0.29, 0.717) is 18.4 Å². The van der Waals surface area contributed by atoms with Crippen LogP contribution in [0.5, 0.6) is 0 Å². The Hall–Kier alpha value is -1.56. The van der Waals surface area contributed by atoms with Crippen molar-refractivity contribution in [2.75, 3.05) is 19.7 Å². The molecular formula is C18H28N4O2. The zero-order valence-corrected chi connectivity index (χ0v) is 14.3. The lowest BCUT2D eigenvalue weighted by atomic mass is 9.85. The third-order valence-electron chi connectivity index (χ3n) is 5.51. The first-order valence-electron chi connectivity index (χ1n) is 9.46. The molecule has 24 heavy (non-hydrogen) atoms. The minimum Gasteiger partial charge on any atom is -0.376 e. The van der Waals surface area contributed by atoms with Crippen LogP contribution in [0.25, 0.3) is 0 Å². The first-order chi connectivity index (χ1) is 11.8. The molecule has 1 aromatic heterocycles. The summed E-state index contributed by atoms with van der Waals surface area (Å²) in [6.07, 6.45) is 8.69. The van der Waals surface area contributed by atoms with Gasteiger partial charge in [-0.1, -0.05) is 6.42 Å². The van der Waals surface area contributed by atoms with Crippen molar-refractivity contribution in [3.05, 3.63) is 17.5 Å². The fourth-order valence-electron chi connectivity index (χ4n) is 3.60. The van der Waals surface area contributed by atoms with Gasteiger partial charge in [0.15, 0.2) is 0 Å². The number of aromatic amines is 1. The molecule has 2 N–H and O–H groups in total. The third kappa shape index (κ3) is 3.91. The average Bonchev–Trinajstić information content (AvgIpc) is 3.07. The van der Waals surface area contributed by atoms with E-state index in [4.69, 9.17) is 4.74 Å². The fraction of sp³-hybridized carbons (Fsp3) is 0.778. The smallest absolute Gasteiger partial charge is 0.317 e. The van der Waals surface area contributed by atoms with Crippen molar-refractivity contribution in [2.45, 2.75) is 63.5 Å². The lowest BCUT2D eigenvalue weighted by molar-refractivity contribution is 0.0720. The highest BCUT2D eigenvalue weighted by Gasteiger charge is 2.28. The number of H-pyrrole nitrogens is 1. The molecule has 1 aromatic rings. The van der Waals surface area contributed by atoms with Crippen LogP contribution in [0.1, 0.15) is 62.3 Å². The summed E-state index contributed by atoms with van der Waals surface area (Å²) in [5.74, 6) is 1.31. The Morgan fingerprint density at radius 3 is 2.79 bits per heavy atom. The van der Waals surface area contributed by atoms with E-state index in [1.165, 1.54) is 32.1 Å². The molecular weight excluding hydrogens is 304 g/mol. The van der Waals surface area contributed by atoms with Gasteiger partial charge in [0.1, 0.15) is 0 Å². The summed E-state index contributed by atoms with van der Waals surface area (Å²) >= 11 is 0. The Morgan fingerprint density at radius 2 is 2.12 bits per heavy atom. The van der Waals surface area contributed by atoms with Gasteiger partial charge >= 0.3 is 6.03 Å². The van der Waals surface area contributed by atoms with Gasteiger partial charge in [-0.25, -0.2) is 4.79 Å². The van der Waals surface area contributed by atoms with E-state index in [2.05, 4.69) is 21.6 Å². The Bertz CT molecular complexity index is 559. The number of carbonyl (C=O) groups is 1. The molecule has 2 saturated carbocycles. The summed E-state index contributed by atoms with van der Waals surface area (Å²) in [6, 6.07) is 2.12. The van der Waals surface area contributed by atoms with Crippen molar-refractivity contribution in [1.29, 1.82) is 0 Å². The second-order valence-electron chi connectivity index (χ2n) is 7.59. The minimum absolute atomic E-state index is 0.0278. The second kappa shape index (κ2) is 7.13. The maximum atomic E-state index is 12.7. The minimum atomic E-state index is 0.0278. The summed E-state index contributed by atoms with van der Waals surface area (Å²) in [5.41, 5.74) is 2.14. The molecule has 0 spiro atoms. The standard InChI is InChI=1S/C18H28N4O2/c23-18(19-10-15-9-17(21-20-15)14-6-7-14)22(11-13-3-1-4-13)12-16-5-2-8-24-16/h9,13-14,16H,1-8,10-12H2,(H,19,23)(H,20,21)/t16-/m0/s1. The van der Waals surface area contributed by atoms with E-state index in [0.717, 1.165) is 43.9 Å². The molecule has 0 aromatic carbocycles. The number of urea groups is 1. The SMILES string of the molecule is O=C(NCc1cc(C2CC2)n[nH]1)N(CC1CCC1)C[C@@H]1CCCO1. The maximum Gasteiger partial charge on any atom is 0.317 e. The normalized spacial score (nSPS) is 23.9. The predicted octanol–water partition coefficient (Wildman–Crippen LogP) is 2.78. The Labute approximate surface area is 143 Å². The van der Waals surface area contributed by atoms with Crippen LogP contribution in [-0.2, 0) is 11.3 Å². The van der Waals surface area contributed by atoms with Crippen LogP contribution in [-0.4, -0.2) is 46.9 Å². The van der Waals surface area contributed by atoms with Crippen LogP contribution >= 0.6 is 0 Å². The van der Waals surface area contributed by atoms with Gasteiger partial charge in [0.25, 0.3) is 0 Å². The molecule has 1 aliphatic heterocycles. The highest BCUT2D eigenvalue weighted by Crippen LogP contribution is 2.39. The van der Waals surface area contributed by atoms with E-state index >= 15 is 0 Å². The van der Waals surface area contributed by atoms with E-state index < -0.39 is 0 Å². The number of carbonyl (C=O) groups excluding carboxylic acids is 1. The highest BCUT2D eigenvalue weighted by molar-refractivity contribution is 5.74. The van der Waals surface area contributed by atoms with Crippen LogP contribution in [0.15, 0.2) is 6.07 Å². The van der Waals surface area contributed by atoms with Gasteiger partial charge in [-0.15, -0.1) is 0 Å². The molecule has 4 rings (SSSR count). The molecule has 0 bridgehead atoms. The zero-order chi connectivity index (χ0) is 16.4. The van der Waals surface area contributed by atoms with Gasteiger partial charge in [-0.3, -0.25) is 5.10 Å². The number of ether oxygens (including phenoxy) is 1. The number of nitrogens with zero attached hydrogens (tertiary/aromatic N) is 2. The van der Waals surface area contributed by atoms with Gasteiger partial charge in [0.05, 0.1) is 24.0 Å². The van der Waals surface area contributed by atoms with Gasteiger partial charge in [-0.2, -0.15) is 5.10 Å². The van der Waals surface area contributed by atoms with Gasteiger partial charge in [-0.05, 0) is 50.5 Å². The lowest BCUT2D eigenvalue weighted by Gasteiger charge is -2.33. The molecule has 132 valence electrons. The zero-order valence-electron chi connectivity index (χ0n) is 14.3. The number of nitrogens with one attached hydrogen (secondary N) is 2. The topological polar surface area (TPSA) is 70.2 Å². The average molecular weight is 332 g/mol. The predicted molar refractivity (Wildman–Crippen MR) is 90.7 cm³/mol. The number of hydrogen-bond acceptors (Lipinski definition) is 3. The monoisotopic (exact) mass is 332 g/mol. The van der Waals surface area contributed by atoms with E-state index in [1.807, 2.05) is 4.90 Å². The summed E-state index contributed by atoms with van der Waals surface area (Å²) in [5, 5.41) is 10.5. The molecule has 1 saturated heterocycles. The summed E-state index contributed by atoms with van der Waals surface area (Å²) in [6.45, 7) is 2.94. The molecule has 2 heterocycles. The first-order valence-corrected chi connectivity index (χ1v) is 9.46. The second-order valence-corrected chi connectivity index (χ2v) is 7.59. The van der Waals surface area contributed by atoms with Gasteiger partial charge < -0.3 is 15.0 Å². The largest absolute Gasteiger partial charge is 0.376 e. The van der Waals surface area contributed by atoms with Crippen molar-refractivity contribution >= 4 is 6.03 Å². The molecule has 6 heteroatoms. The molecule has 2 amide bonds. The quantitative estimate of drug-likeness (QED) is 0.806. The molecule has 0 radical (unpaired) electrons. The van der Waals surface area contributed by atoms with Crippen molar-refractivity contribution in [1.82, 2.24) is 20.4 Å². The van der Waals surface area contributed by atoms with Gasteiger partial charge in [0, 0.05) is 25.6 Å². The molecule has 1 atom stereocenters. The summed E-state index contributed by atoms with van der Waals surface area (Å²) < 4.78 is 5.73. The third-order valence-corrected chi connectivity index (χ3v) is 5.51. The Morgan fingerprint density at radius 1 is 1.25 bits per heavy atom. The molecule has 3 aliphatic rings. The highest BCUT2D eigenvalue weighted by atomic mass is 16.5. The first kappa shape index (κ1) is 15.9. The number of hydrogen-bond donors (Lipinski definition) is 2. The van der Waals surface area contributed by atoms with Crippen molar-refractivity contribution in [3.63, 3.8) is 0 Å². The van der Waals surface area contributed by atoms with E-state index in [1.54, 1.807) is 0 Å². The van der Waals surface area contributed by atoms with E-state index in [9.17, 15) is 4.79 Å².